The van der Waals surface area contributed by atoms with Gasteiger partial charge in [-0.3, -0.25) is 4.79 Å². The first-order valence-electron chi connectivity index (χ1n) is 9.77. The van der Waals surface area contributed by atoms with Crippen molar-refractivity contribution in [1.82, 2.24) is 0 Å². The molecule has 0 unspecified atom stereocenters. The van der Waals surface area contributed by atoms with Crippen molar-refractivity contribution in [3.05, 3.63) is 71.5 Å². The highest BCUT2D eigenvalue weighted by Crippen LogP contribution is 2.32. The molecule has 0 radical (unpaired) electrons. The molecule has 1 saturated heterocycles. The van der Waals surface area contributed by atoms with Gasteiger partial charge in [-0.05, 0) is 61.8 Å². The fraction of sp³-hybridized carbons (Fsp3) is 0.435. The summed E-state index contributed by atoms with van der Waals surface area (Å²) in [6.45, 7) is 1.96. The molecule has 4 heteroatoms. The molecule has 0 spiro atoms. The number of nitrogens with two attached hydrogens (primary N) is 1. The van der Waals surface area contributed by atoms with Crippen LogP contribution in [0.4, 0.5) is 4.39 Å². The molecule has 3 nitrogen and oxygen atoms in total. The van der Waals surface area contributed by atoms with Crippen LogP contribution in [0, 0.1) is 17.7 Å². The van der Waals surface area contributed by atoms with Crippen molar-refractivity contribution >= 4 is 5.97 Å². The molecule has 1 aliphatic heterocycles. The summed E-state index contributed by atoms with van der Waals surface area (Å²) in [5.74, 6) is -0.0260. The smallest absolute Gasteiger partial charge is 0.323 e. The van der Waals surface area contributed by atoms with E-state index in [2.05, 4.69) is 24.3 Å². The van der Waals surface area contributed by atoms with Crippen LogP contribution in [0.1, 0.15) is 37.3 Å². The van der Waals surface area contributed by atoms with E-state index in [4.69, 9.17) is 10.5 Å². The van der Waals surface area contributed by atoms with Gasteiger partial charge in [0.15, 0.2) is 0 Å². The highest BCUT2D eigenvalue weighted by Gasteiger charge is 2.32. The predicted molar refractivity (Wildman–Crippen MR) is 105 cm³/mol. The molecule has 1 heterocycles. The van der Waals surface area contributed by atoms with Gasteiger partial charge in [-0.2, -0.15) is 0 Å². The maximum Gasteiger partial charge on any atom is 0.323 e. The second kappa shape index (κ2) is 9.14. The van der Waals surface area contributed by atoms with Crippen LogP contribution in [-0.4, -0.2) is 18.1 Å². The second-order valence-electron chi connectivity index (χ2n) is 7.62. The zero-order chi connectivity index (χ0) is 19.2. The minimum Gasteiger partial charge on any atom is -0.461 e. The minimum absolute atomic E-state index is 0.157. The van der Waals surface area contributed by atoms with Crippen LogP contribution >= 0.6 is 0 Å². The Bertz CT molecular complexity index is 732. The van der Waals surface area contributed by atoms with E-state index in [-0.39, 0.29) is 23.8 Å². The average molecular weight is 369 g/mol. The lowest BCUT2D eigenvalue weighted by molar-refractivity contribution is -0.153. The van der Waals surface area contributed by atoms with Crippen LogP contribution in [0.5, 0.6) is 0 Å². The Morgan fingerprint density at radius 3 is 2.37 bits per heavy atom. The Kier molecular flexibility index (Phi) is 6.62. The van der Waals surface area contributed by atoms with E-state index in [1.54, 1.807) is 0 Å². The van der Waals surface area contributed by atoms with Gasteiger partial charge in [0.05, 0.1) is 0 Å². The highest BCUT2D eigenvalue weighted by molar-refractivity contribution is 5.75. The molecule has 1 aliphatic rings. The number of hydrogen-bond donors (Lipinski definition) is 1. The van der Waals surface area contributed by atoms with Gasteiger partial charge in [-0.25, -0.2) is 4.39 Å². The summed E-state index contributed by atoms with van der Waals surface area (Å²) >= 11 is 0. The summed E-state index contributed by atoms with van der Waals surface area (Å²) in [7, 11) is 0. The molecule has 0 saturated carbocycles. The van der Waals surface area contributed by atoms with E-state index >= 15 is 0 Å². The maximum absolute atomic E-state index is 13.3. The number of ether oxygens (including phenoxy) is 1. The lowest BCUT2D eigenvalue weighted by Gasteiger charge is -2.31. The van der Waals surface area contributed by atoms with Crippen LogP contribution < -0.4 is 5.73 Å². The number of halogens is 1. The first-order chi connectivity index (χ1) is 13.0. The van der Waals surface area contributed by atoms with Crippen molar-refractivity contribution in [2.24, 2.45) is 17.6 Å². The van der Waals surface area contributed by atoms with Crippen molar-refractivity contribution in [1.29, 1.82) is 0 Å². The third kappa shape index (κ3) is 5.39. The molecular formula is C23H28FNO2. The first-order valence-corrected chi connectivity index (χ1v) is 9.77. The van der Waals surface area contributed by atoms with Gasteiger partial charge in [-0.15, -0.1) is 0 Å². The van der Waals surface area contributed by atoms with E-state index in [9.17, 15) is 9.18 Å². The quantitative estimate of drug-likeness (QED) is 0.818. The Hall–Kier alpha value is -2.20. The Labute approximate surface area is 160 Å². The van der Waals surface area contributed by atoms with Crippen molar-refractivity contribution in [2.75, 3.05) is 0 Å². The molecule has 0 aliphatic carbocycles. The third-order valence-electron chi connectivity index (χ3n) is 5.63. The number of benzene rings is 2. The van der Waals surface area contributed by atoms with Crippen LogP contribution in [0.3, 0.4) is 0 Å². The van der Waals surface area contributed by atoms with E-state index < -0.39 is 6.04 Å². The molecular weight excluding hydrogens is 341 g/mol. The Morgan fingerprint density at radius 2 is 1.67 bits per heavy atom. The van der Waals surface area contributed by atoms with Gasteiger partial charge >= 0.3 is 5.97 Å². The number of cyclic esters (lactones) is 1. The molecule has 4 atom stereocenters. The average Bonchev–Trinajstić information content (AvgIpc) is 2.71. The van der Waals surface area contributed by atoms with Crippen molar-refractivity contribution in [3.63, 3.8) is 0 Å². The van der Waals surface area contributed by atoms with Gasteiger partial charge in [-0.1, -0.05) is 48.9 Å². The second-order valence-corrected chi connectivity index (χ2v) is 7.62. The number of carbonyl (C=O) groups excluding carboxylic acids is 1. The van der Waals surface area contributed by atoms with E-state index in [0.29, 0.717) is 12.3 Å². The minimum atomic E-state index is -0.547. The largest absolute Gasteiger partial charge is 0.461 e. The monoisotopic (exact) mass is 369 g/mol. The summed E-state index contributed by atoms with van der Waals surface area (Å²) in [5.41, 5.74) is 8.32. The zero-order valence-electron chi connectivity index (χ0n) is 15.8. The molecule has 3 rings (SSSR count). The van der Waals surface area contributed by atoms with Gasteiger partial charge in [0.1, 0.15) is 18.0 Å². The van der Waals surface area contributed by atoms with Crippen molar-refractivity contribution < 1.29 is 13.9 Å². The maximum atomic E-state index is 13.3. The summed E-state index contributed by atoms with van der Waals surface area (Å²) in [5, 5.41) is 0. The summed E-state index contributed by atoms with van der Waals surface area (Å²) in [4.78, 5) is 12.2. The van der Waals surface area contributed by atoms with Gasteiger partial charge < -0.3 is 10.5 Å². The molecule has 2 aromatic carbocycles. The van der Waals surface area contributed by atoms with Crippen LogP contribution in [0.15, 0.2) is 54.6 Å². The van der Waals surface area contributed by atoms with Gasteiger partial charge in [0.2, 0.25) is 0 Å². The van der Waals surface area contributed by atoms with Crippen molar-refractivity contribution in [3.8, 4) is 0 Å². The summed E-state index contributed by atoms with van der Waals surface area (Å²) < 4.78 is 19.0. The molecule has 2 N–H and O–H groups in total. The highest BCUT2D eigenvalue weighted by atomic mass is 19.1. The normalized spacial score (nSPS) is 26.6. The molecule has 2 aromatic rings. The topological polar surface area (TPSA) is 52.3 Å². The van der Waals surface area contributed by atoms with Gasteiger partial charge in [0, 0.05) is 5.92 Å². The van der Waals surface area contributed by atoms with Crippen molar-refractivity contribution in [2.45, 2.75) is 51.2 Å². The summed E-state index contributed by atoms with van der Waals surface area (Å²) in [6, 6.07) is 16.5. The number of carbonyl (C=O) groups is 1. The molecule has 0 aromatic heterocycles. The number of esters is 1. The predicted octanol–water partition coefficient (Wildman–Crippen LogP) is 4.29. The fourth-order valence-electron chi connectivity index (χ4n) is 4.07. The molecule has 1 fully saturated rings. The zero-order valence-corrected chi connectivity index (χ0v) is 15.8. The van der Waals surface area contributed by atoms with Crippen LogP contribution in [-0.2, 0) is 22.4 Å². The molecule has 27 heavy (non-hydrogen) atoms. The number of hydrogen-bond acceptors (Lipinski definition) is 3. The summed E-state index contributed by atoms with van der Waals surface area (Å²) in [6.07, 6.45) is 4.00. The molecule has 144 valence electrons. The van der Waals surface area contributed by atoms with E-state index in [0.717, 1.165) is 31.2 Å². The Morgan fingerprint density at radius 1 is 1.00 bits per heavy atom. The SMILES string of the molecule is C[C@@H]1OC(=O)[C@@H](N)CCC[C@H](Cc2ccccc2)[C@H]1Cc1ccc(F)cc1. The van der Waals surface area contributed by atoms with E-state index in [1.165, 1.54) is 17.7 Å². The van der Waals surface area contributed by atoms with Crippen LogP contribution in [0.25, 0.3) is 0 Å². The lowest BCUT2D eigenvalue weighted by atomic mass is 9.77. The fourth-order valence-corrected chi connectivity index (χ4v) is 4.07. The first kappa shape index (κ1) is 19.6. The standard InChI is InChI=1S/C23H28FNO2/c1-16-21(15-18-10-12-20(24)13-11-18)19(14-17-6-3-2-4-7-17)8-5-9-22(25)23(26)27-16/h2-4,6-7,10-13,16,19,21-22H,5,8-9,14-15,25H2,1H3/t16-,19+,21-,22-/m0/s1. The molecule has 0 bridgehead atoms. The van der Waals surface area contributed by atoms with Gasteiger partial charge in [0.25, 0.3) is 0 Å². The van der Waals surface area contributed by atoms with E-state index in [1.807, 2.05) is 25.1 Å². The lowest BCUT2D eigenvalue weighted by Crippen LogP contribution is -2.37. The molecule has 0 amide bonds. The van der Waals surface area contributed by atoms with Crippen LogP contribution in [0.2, 0.25) is 0 Å². The third-order valence-corrected chi connectivity index (χ3v) is 5.63. The number of rotatable bonds is 4. The Balaban J connectivity index is 1.85.